The Hall–Kier alpha value is -3.49. The normalized spacial score (nSPS) is 19.7. The first kappa shape index (κ1) is 22.0. The molecule has 1 saturated carbocycles. The quantitative estimate of drug-likeness (QED) is 0.602. The Bertz CT molecular complexity index is 1290. The highest BCUT2D eigenvalue weighted by molar-refractivity contribution is 6.06. The van der Waals surface area contributed by atoms with Crippen LogP contribution in [0.5, 0.6) is 0 Å². The molecule has 0 bridgehead atoms. The lowest BCUT2D eigenvalue weighted by atomic mass is 9.73. The van der Waals surface area contributed by atoms with Gasteiger partial charge in [-0.15, -0.1) is 0 Å². The van der Waals surface area contributed by atoms with Crippen molar-refractivity contribution in [3.05, 3.63) is 42.0 Å². The summed E-state index contributed by atoms with van der Waals surface area (Å²) >= 11 is 0. The van der Waals surface area contributed by atoms with Crippen molar-refractivity contribution in [1.29, 1.82) is 0 Å². The maximum atomic E-state index is 13.2. The van der Waals surface area contributed by atoms with Gasteiger partial charge in [-0.25, -0.2) is 15.0 Å². The maximum Gasteiger partial charge on any atom is 0.287 e. The summed E-state index contributed by atoms with van der Waals surface area (Å²) in [6, 6.07) is 8.20. The first-order valence-corrected chi connectivity index (χ1v) is 12.8. The van der Waals surface area contributed by atoms with Crippen LogP contribution < -0.4 is 15.5 Å². The van der Waals surface area contributed by atoms with Gasteiger partial charge in [0.05, 0.1) is 5.41 Å². The topological polar surface area (TPSA) is 105 Å². The molecule has 1 aliphatic carbocycles. The van der Waals surface area contributed by atoms with Gasteiger partial charge >= 0.3 is 0 Å². The first-order valence-electron chi connectivity index (χ1n) is 12.8. The smallest absolute Gasteiger partial charge is 0.287 e. The summed E-state index contributed by atoms with van der Waals surface area (Å²) < 4.78 is 1.88. The molecule has 9 nitrogen and oxygen atoms in total. The van der Waals surface area contributed by atoms with Crippen LogP contribution in [-0.2, 0) is 16.8 Å². The van der Waals surface area contributed by atoms with Gasteiger partial charge < -0.3 is 20.1 Å². The number of fused-ring (bicyclic) bond motifs is 3. The number of amides is 2. The van der Waals surface area contributed by atoms with Crippen molar-refractivity contribution in [1.82, 2.24) is 24.8 Å². The highest BCUT2D eigenvalue weighted by atomic mass is 16.2. The van der Waals surface area contributed by atoms with Crippen LogP contribution >= 0.6 is 0 Å². The predicted molar refractivity (Wildman–Crippen MR) is 134 cm³/mol. The number of rotatable bonds is 4. The van der Waals surface area contributed by atoms with E-state index in [1.807, 2.05) is 29.7 Å². The van der Waals surface area contributed by atoms with Crippen LogP contribution in [0.1, 0.15) is 68.1 Å². The highest BCUT2D eigenvalue weighted by Crippen LogP contribution is 2.45. The van der Waals surface area contributed by atoms with Crippen molar-refractivity contribution in [3.8, 4) is 0 Å². The summed E-state index contributed by atoms with van der Waals surface area (Å²) in [6.45, 7) is 3.95. The number of imidazole rings is 1. The minimum atomic E-state index is -0.493. The Morgan fingerprint density at radius 2 is 1.91 bits per heavy atom. The van der Waals surface area contributed by atoms with E-state index >= 15 is 0 Å². The van der Waals surface area contributed by atoms with Gasteiger partial charge in [0.15, 0.2) is 17.0 Å². The molecule has 2 amide bonds. The number of aryl methyl sites for hydroxylation is 1. The molecule has 2 aromatic heterocycles. The van der Waals surface area contributed by atoms with Gasteiger partial charge in [0.1, 0.15) is 6.33 Å². The number of carbonyl (C=O) groups excluding carboxylic acids is 2. The number of para-hydroxylation sites is 1. The molecule has 3 aromatic rings. The lowest BCUT2D eigenvalue weighted by Crippen LogP contribution is -2.46. The van der Waals surface area contributed by atoms with E-state index in [1.54, 1.807) is 6.33 Å². The largest absolute Gasteiger partial charge is 0.355 e. The van der Waals surface area contributed by atoms with Crippen molar-refractivity contribution >= 4 is 34.5 Å². The second kappa shape index (κ2) is 8.62. The molecule has 2 N–H and O–H groups in total. The van der Waals surface area contributed by atoms with Gasteiger partial charge in [0.25, 0.3) is 5.91 Å². The van der Waals surface area contributed by atoms with Crippen molar-refractivity contribution in [2.45, 2.75) is 69.9 Å². The van der Waals surface area contributed by atoms with E-state index in [4.69, 9.17) is 4.98 Å². The Morgan fingerprint density at radius 3 is 2.69 bits per heavy atom. The highest BCUT2D eigenvalue weighted by Gasteiger charge is 2.48. The average Bonchev–Trinajstić information content (AvgIpc) is 3.40. The Labute approximate surface area is 204 Å². The number of benzene rings is 1. The fourth-order valence-corrected chi connectivity index (χ4v) is 6.10. The molecule has 3 aliphatic rings. The summed E-state index contributed by atoms with van der Waals surface area (Å²) in [6.07, 6.45) is 8.55. The van der Waals surface area contributed by atoms with E-state index in [0.717, 1.165) is 42.8 Å². The molecule has 0 radical (unpaired) electrons. The number of carbonyl (C=O) groups is 2. The number of hydrogen-bond donors (Lipinski definition) is 2. The zero-order chi connectivity index (χ0) is 24.0. The number of anilines is 2. The van der Waals surface area contributed by atoms with E-state index in [9.17, 15) is 9.59 Å². The lowest BCUT2D eigenvalue weighted by molar-refractivity contribution is -0.121. The maximum absolute atomic E-state index is 13.2. The monoisotopic (exact) mass is 473 g/mol. The third-order valence-corrected chi connectivity index (χ3v) is 8.01. The zero-order valence-electron chi connectivity index (χ0n) is 20.1. The van der Waals surface area contributed by atoms with Gasteiger partial charge in [-0.2, -0.15) is 0 Å². The lowest BCUT2D eigenvalue weighted by Gasteiger charge is -2.38. The summed E-state index contributed by atoms with van der Waals surface area (Å²) in [4.78, 5) is 42.2. The van der Waals surface area contributed by atoms with E-state index in [2.05, 4.69) is 31.6 Å². The van der Waals surface area contributed by atoms with Crippen molar-refractivity contribution in [3.63, 3.8) is 0 Å². The van der Waals surface area contributed by atoms with Crippen LogP contribution in [-0.4, -0.2) is 50.5 Å². The summed E-state index contributed by atoms with van der Waals surface area (Å²) in [5, 5.41) is 6.25. The fourth-order valence-electron chi connectivity index (χ4n) is 6.10. The minimum Gasteiger partial charge on any atom is -0.355 e. The zero-order valence-corrected chi connectivity index (χ0v) is 20.1. The summed E-state index contributed by atoms with van der Waals surface area (Å²) in [5.41, 5.74) is 2.85. The molecule has 35 heavy (non-hydrogen) atoms. The second-order valence-electron chi connectivity index (χ2n) is 9.93. The van der Waals surface area contributed by atoms with Crippen LogP contribution in [0.3, 0.4) is 0 Å². The van der Waals surface area contributed by atoms with Crippen LogP contribution in [0.25, 0.3) is 11.2 Å². The van der Waals surface area contributed by atoms with Crippen LogP contribution in [0, 0.1) is 0 Å². The number of aromatic nitrogens is 4. The van der Waals surface area contributed by atoms with Crippen molar-refractivity contribution in [2.24, 2.45) is 0 Å². The first-order chi connectivity index (χ1) is 17.1. The second-order valence-corrected chi connectivity index (χ2v) is 9.93. The van der Waals surface area contributed by atoms with E-state index < -0.39 is 5.41 Å². The van der Waals surface area contributed by atoms with E-state index in [1.165, 1.54) is 6.42 Å². The molecule has 1 spiro atoms. The Morgan fingerprint density at radius 1 is 1.14 bits per heavy atom. The average molecular weight is 474 g/mol. The fraction of sp³-hybridized carbons (Fsp3) is 0.500. The Kier molecular flexibility index (Phi) is 5.42. The van der Waals surface area contributed by atoms with Gasteiger partial charge in [0.2, 0.25) is 11.7 Å². The van der Waals surface area contributed by atoms with Crippen LogP contribution in [0.2, 0.25) is 0 Å². The molecule has 2 aliphatic heterocycles. The van der Waals surface area contributed by atoms with Gasteiger partial charge in [-0.3, -0.25) is 9.59 Å². The molecule has 0 unspecified atom stereocenters. The van der Waals surface area contributed by atoms with Crippen molar-refractivity contribution < 1.29 is 9.59 Å². The third-order valence-electron chi connectivity index (χ3n) is 8.01. The SMILES string of the molecule is CCn1c(C(=O)NC2CCCCC2)nc2c(N3CCC4(CC3)C(=O)Nc3ccccc34)ncnc21. The Balaban J connectivity index is 1.28. The van der Waals surface area contributed by atoms with Crippen LogP contribution in [0.15, 0.2) is 30.6 Å². The molecular weight excluding hydrogens is 442 g/mol. The molecule has 182 valence electrons. The summed E-state index contributed by atoms with van der Waals surface area (Å²) in [5.74, 6) is 1.07. The van der Waals surface area contributed by atoms with Gasteiger partial charge in [-0.1, -0.05) is 37.5 Å². The standard InChI is InChI=1S/C26H31N7O2/c1-2-33-22-20(31-23(33)24(34)29-17-8-4-3-5-9-17)21(27-16-28-22)32-14-12-26(13-15-32)18-10-6-7-11-19(18)30-25(26)35/h6-7,10-11,16-17H,2-5,8-9,12-15H2,1H3,(H,29,34)(H,30,35). The molecule has 6 rings (SSSR count). The number of nitrogens with zero attached hydrogens (tertiary/aromatic N) is 5. The molecule has 1 aromatic carbocycles. The molecule has 9 heteroatoms. The minimum absolute atomic E-state index is 0.0862. The molecule has 1 saturated heterocycles. The van der Waals surface area contributed by atoms with E-state index in [0.29, 0.717) is 49.5 Å². The predicted octanol–water partition coefficient (Wildman–Crippen LogP) is 3.40. The number of piperidine rings is 1. The van der Waals surface area contributed by atoms with Crippen LogP contribution in [0.4, 0.5) is 11.5 Å². The summed E-state index contributed by atoms with van der Waals surface area (Å²) in [7, 11) is 0. The molecule has 0 atom stereocenters. The van der Waals surface area contributed by atoms with Gasteiger partial charge in [0, 0.05) is 31.4 Å². The van der Waals surface area contributed by atoms with Crippen molar-refractivity contribution in [2.75, 3.05) is 23.3 Å². The molecule has 4 heterocycles. The van der Waals surface area contributed by atoms with Gasteiger partial charge in [-0.05, 0) is 44.2 Å². The molecular formula is C26H31N7O2. The molecule has 2 fully saturated rings. The third kappa shape index (κ3) is 3.56. The van der Waals surface area contributed by atoms with E-state index in [-0.39, 0.29) is 17.9 Å². The number of nitrogens with one attached hydrogen (secondary N) is 2. The number of hydrogen-bond acceptors (Lipinski definition) is 6.